The molecule has 0 radical (unpaired) electrons. The largest absolute Gasteiger partial charge is 0.309 e. The molecule has 0 aliphatic rings. The first kappa shape index (κ1) is 23.2. The average molecular weight is 471 g/mol. The van der Waals surface area contributed by atoms with Crippen LogP contribution >= 0.6 is 11.6 Å². The molecule has 2 aromatic carbocycles. The molecule has 1 atom stereocenters. The summed E-state index contributed by atoms with van der Waals surface area (Å²) in [5.41, 5.74) is 4.12. The first-order valence-corrected chi connectivity index (χ1v) is 11.1. The number of aryl methyl sites for hydroxylation is 1. The molecule has 34 heavy (non-hydrogen) atoms. The molecule has 0 aliphatic heterocycles. The fraction of sp³-hybridized carbons (Fsp3) is 0.154. The minimum absolute atomic E-state index is 0.218. The summed E-state index contributed by atoms with van der Waals surface area (Å²) in [4.78, 5) is 17.6. The second kappa shape index (κ2) is 10.8. The Hall–Kier alpha value is -3.99. The number of anilines is 1. The smallest absolute Gasteiger partial charge is 0.247 e. The van der Waals surface area contributed by atoms with Gasteiger partial charge in [-0.15, -0.1) is 0 Å². The Morgan fingerprint density at radius 3 is 2.62 bits per heavy atom. The Morgan fingerprint density at radius 1 is 1.12 bits per heavy atom. The maximum absolute atomic E-state index is 13.2. The Kier molecular flexibility index (Phi) is 7.33. The van der Waals surface area contributed by atoms with Crippen LogP contribution in [-0.4, -0.2) is 27.2 Å². The fourth-order valence-electron chi connectivity index (χ4n) is 3.64. The molecule has 0 spiro atoms. The summed E-state index contributed by atoms with van der Waals surface area (Å²) in [6.45, 7) is 0.497. The van der Waals surface area contributed by atoms with Gasteiger partial charge in [0.25, 0.3) is 0 Å². The molecule has 0 fully saturated rings. The highest BCUT2D eigenvalue weighted by Crippen LogP contribution is 2.21. The third kappa shape index (κ3) is 5.67. The molecule has 2 heterocycles. The summed E-state index contributed by atoms with van der Waals surface area (Å²) >= 11 is 5.99. The average Bonchev–Trinajstić information content (AvgIpc) is 3.29. The van der Waals surface area contributed by atoms with Crippen molar-refractivity contribution in [2.24, 2.45) is 7.05 Å². The van der Waals surface area contributed by atoms with Crippen molar-refractivity contribution in [2.45, 2.75) is 12.5 Å². The predicted molar refractivity (Wildman–Crippen MR) is 132 cm³/mol. The molecular formula is C26H23ClN6O. The van der Waals surface area contributed by atoms with Crippen LogP contribution in [0.2, 0.25) is 5.02 Å². The van der Waals surface area contributed by atoms with E-state index in [4.69, 9.17) is 11.6 Å². The van der Waals surface area contributed by atoms with Crippen molar-refractivity contribution in [3.05, 3.63) is 101 Å². The number of carbonyl (C=O) groups is 1. The van der Waals surface area contributed by atoms with Gasteiger partial charge >= 0.3 is 0 Å². The van der Waals surface area contributed by atoms with Gasteiger partial charge in [-0.2, -0.15) is 10.4 Å². The van der Waals surface area contributed by atoms with E-state index in [1.54, 1.807) is 35.3 Å². The molecule has 1 unspecified atom stereocenters. The number of amides is 1. The lowest BCUT2D eigenvalue weighted by Gasteiger charge is -2.19. The van der Waals surface area contributed by atoms with Gasteiger partial charge in [-0.1, -0.05) is 48.0 Å². The van der Waals surface area contributed by atoms with E-state index < -0.39 is 6.04 Å². The lowest BCUT2D eigenvalue weighted by Crippen LogP contribution is -2.34. The van der Waals surface area contributed by atoms with Crippen LogP contribution in [-0.2, 0) is 18.3 Å². The highest BCUT2D eigenvalue weighted by atomic mass is 35.5. The standard InChI is InChI=1S/C26H23ClN6O/c1-33-17-22(16-31-33)20-8-10-24(30-15-20)32-26(34)25(19-5-3-2-4-6-19)29-12-11-18-7-9-23(27)13-21(18)14-28/h2-10,13,15-17,25,29H,11-12H2,1H3,(H,30,32,34). The summed E-state index contributed by atoms with van der Waals surface area (Å²) in [6, 6.07) is 20.0. The van der Waals surface area contributed by atoms with Gasteiger partial charge in [0.2, 0.25) is 5.91 Å². The number of halogens is 1. The van der Waals surface area contributed by atoms with Gasteiger partial charge in [0, 0.05) is 42.1 Å². The number of pyridine rings is 1. The van der Waals surface area contributed by atoms with Crippen LogP contribution in [0.1, 0.15) is 22.7 Å². The number of hydrogen-bond acceptors (Lipinski definition) is 5. The summed E-state index contributed by atoms with van der Waals surface area (Å²) in [5, 5.41) is 20.3. The number of hydrogen-bond donors (Lipinski definition) is 2. The third-order valence-corrected chi connectivity index (χ3v) is 5.62. The number of aromatic nitrogens is 3. The number of nitrogens with zero attached hydrogens (tertiary/aromatic N) is 4. The summed E-state index contributed by atoms with van der Waals surface area (Å²) in [7, 11) is 1.86. The number of nitriles is 1. The van der Waals surface area contributed by atoms with Crippen molar-refractivity contribution in [3.63, 3.8) is 0 Å². The molecule has 0 aliphatic carbocycles. The Labute approximate surface area is 203 Å². The number of benzene rings is 2. The molecule has 8 heteroatoms. The molecule has 0 saturated heterocycles. The first-order chi connectivity index (χ1) is 16.5. The van der Waals surface area contributed by atoms with Gasteiger partial charge in [0.1, 0.15) is 11.9 Å². The minimum atomic E-state index is -0.584. The van der Waals surface area contributed by atoms with Crippen molar-refractivity contribution < 1.29 is 4.79 Å². The highest BCUT2D eigenvalue weighted by Gasteiger charge is 2.20. The molecule has 0 saturated carbocycles. The van der Waals surface area contributed by atoms with E-state index in [2.05, 4.69) is 26.8 Å². The lowest BCUT2D eigenvalue weighted by atomic mass is 10.0. The van der Waals surface area contributed by atoms with Crippen LogP contribution in [0, 0.1) is 11.3 Å². The van der Waals surface area contributed by atoms with Gasteiger partial charge in [-0.05, 0) is 41.8 Å². The van der Waals surface area contributed by atoms with Crippen molar-refractivity contribution >= 4 is 23.3 Å². The summed E-state index contributed by atoms with van der Waals surface area (Å²) in [6.07, 6.45) is 5.96. The van der Waals surface area contributed by atoms with Gasteiger partial charge in [0.15, 0.2) is 0 Å². The van der Waals surface area contributed by atoms with Gasteiger partial charge in [0.05, 0.1) is 17.8 Å². The fourth-order valence-corrected chi connectivity index (χ4v) is 3.81. The molecule has 4 rings (SSSR count). The summed E-state index contributed by atoms with van der Waals surface area (Å²) < 4.78 is 1.73. The van der Waals surface area contributed by atoms with E-state index in [1.165, 1.54) is 0 Å². The Balaban J connectivity index is 1.45. The van der Waals surface area contributed by atoms with Crippen LogP contribution in [0.5, 0.6) is 0 Å². The molecule has 7 nitrogen and oxygen atoms in total. The zero-order valence-corrected chi connectivity index (χ0v) is 19.3. The Morgan fingerprint density at radius 2 is 1.94 bits per heavy atom. The van der Waals surface area contributed by atoms with Crippen molar-refractivity contribution in [1.29, 1.82) is 5.26 Å². The molecular weight excluding hydrogens is 448 g/mol. The maximum Gasteiger partial charge on any atom is 0.247 e. The molecule has 0 bridgehead atoms. The highest BCUT2D eigenvalue weighted by molar-refractivity contribution is 6.30. The zero-order valence-electron chi connectivity index (χ0n) is 18.6. The number of carbonyl (C=O) groups excluding carboxylic acids is 1. The molecule has 4 aromatic rings. The van der Waals surface area contributed by atoms with E-state index >= 15 is 0 Å². The van der Waals surface area contributed by atoms with Crippen molar-refractivity contribution in [1.82, 2.24) is 20.1 Å². The quantitative estimate of drug-likeness (QED) is 0.394. The minimum Gasteiger partial charge on any atom is -0.309 e. The number of nitrogens with one attached hydrogen (secondary N) is 2. The second-order valence-electron chi connectivity index (χ2n) is 7.79. The molecule has 2 N–H and O–H groups in total. The number of rotatable bonds is 8. The normalized spacial score (nSPS) is 11.6. The van der Waals surface area contributed by atoms with Gasteiger partial charge in [-0.25, -0.2) is 4.98 Å². The van der Waals surface area contributed by atoms with E-state index in [0.717, 1.165) is 22.3 Å². The lowest BCUT2D eigenvalue weighted by molar-refractivity contribution is -0.118. The molecule has 1 amide bonds. The maximum atomic E-state index is 13.2. The molecule has 170 valence electrons. The van der Waals surface area contributed by atoms with Crippen molar-refractivity contribution in [3.8, 4) is 17.2 Å². The topological polar surface area (TPSA) is 95.6 Å². The van der Waals surface area contributed by atoms with Crippen LogP contribution in [0.15, 0.2) is 79.3 Å². The van der Waals surface area contributed by atoms with Crippen molar-refractivity contribution in [2.75, 3.05) is 11.9 Å². The van der Waals surface area contributed by atoms with Gasteiger partial charge < -0.3 is 10.6 Å². The van der Waals surface area contributed by atoms with Gasteiger partial charge in [-0.3, -0.25) is 9.48 Å². The Bertz CT molecular complexity index is 1310. The third-order valence-electron chi connectivity index (χ3n) is 5.38. The van der Waals surface area contributed by atoms with Crippen LogP contribution in [0.4, 0.5) is 5.82 Å². The second-order valence-corrected chi connectivity index (χ2v) is 8.22. The molecule has 2 aromatic heterocycles. The monoisotopic (exact) mass is 470 g/mol. The van der Waals surface area contributed by atoms with E-state index in [-0.39, 0.29) is 5.91 Å². The van der Waals surface area contributed by atoms with E-state index in [1.807, 2.05) is 55.7 Å². The summed E-state index contributed by atoms with van der Waals surface area (Å²) in [5.74, 6) is 0.245. The SMILES string of the molecule is Cn1cc(-c2ccc(NC(=O)C(NCCc3ccc(Cl)cc3C#N)c3ccccc3)nc2)cn1. The predicted octanol–water partition coefficient (Wildman–Crippen LogP) is 4.52. The van der Waals surface area contributed by atoms with Crippen LogP contribution in [0.3, 0.4) is 0 Å². The zero-order chi connectivity index (χ0) is 23.9. The first-order valence-electron chi connectivity index (χ1n) is 10.8. The van der Waals surface area contributed by atoms with E-state index in [9.17, 15) is 10.1 Å². The van der Waals surface area contributed by atoms with Crippen LogP contribution in [0.25, 0.3) is 11.1 Å². The van der Waals surface area contributed by atoms with Crippen LogP contribution < -0.4 is 10.6 Å². The van der Waals surface area contributed by atoms with E-state index in [0.29, 0.717) is 29.4 Å².